The summed E-state index contributed by atoms with van der Waals surface area (Å²) in [5.41, 5.74) is 6.33. The molecule has 3 N–H and O–H groups in total. The molecule has 4 nitrogen and oxygen atoms in total. The van der Waals surface area contributed by atoms with Crippen LogP contribution in [0.4, 0.5) is 0 Å². The minimum Gasteiger partial charge on any atom is -0.409 e. The Balaban J connectivity index is 2.11. The Morgan fingerprint density at radius 1 is 1.35 bits per heavy atom. The summed E-state index contributed by atoms with van der Waals surface area (Å²) in [7, 11) is 0. The maximum absolute atomic E-state index is 8.33. The Kier molecular flexibility index (Phi) is 6.43. The molecule has 5 heteroatoms. The van der Waals surface area contributed by atoms with Gasteiger partial charge in [-0.3, -0.25) is 0 Å². The highest BCUT2D eigenvalue weighted by molar-refractivity contribution is 6.31. The molecule has 94 valence electrons. The molecule has 0 aromatic heterocycles. The van der Waals surface area contributed by atoms with E-state index in [2.05, 4.69) is 5.16 Å². The van der Waals surface area contributed by atoms with Crippen molar-refractivity contribution < 1.29 is 9.94 Å². The van der Waals surface area contributed by atoms with E-state index in [1.54, 1.807) is 0 Å². The second-order valence-electron chi connectivity index (χ2n) is 3.69. The van der Waals surface area contributed by atoms with E-state index in [1.165, 1.54) is 0 Å². The van der Waals surface area contributed by atoms with Gasteiger partial charge in [0.1, 0.15) is 5.84 Å². The topological polar surface area (TPSA) is 67.8 Å². The van der Waals surface area contributed by atoms with Crippen LogP contribution in [0.1, 0.15) is 24.8 Å². The van der Waals surface area contributed by atoms with Gasteiger partial charge in [-0.05, 0) is 24.5 Å². The van der Waals surface area contributed by atoms with Gasteiger partial charge < -0.3 is 15.7 Å². The molecule has 1 rings (SSSR count). The third kappa shape index (κ3) is 5.56. The zero-order valence-corrected chi connectivity index (χ0v) is 10.4. The molecule has 1 aromatic carbocycles. The van der Waals surface area contributed by atoms with E-state index >= 15 is 0 Å². The van der Waals surface area contributed by atoms with Gasteiger partial charge in [0.25, 0.3) is 0 Å². The first-order valence-corrected chi connectivity index (χ1v) is 5.89. The van der Waals surface area contributed by atoms with Crippen LogP contribution in [0.2, 0.25) is 5.02 Å². The molecule has 0 saturated carbocycles. The van der Waals surface area contributed by atoms with Gasteiger partial charge >= 0.3 is 0 Å². The maximum atomic E-state index is 8.33. The van der Waals surface area contributed by atoms with Crippen molar-refractivity contribution in [2.75, 3.05) is 6.61 Å². The third-order valence-electron chi connectivity index (χ3n) is 2.32. The van der Waals surface area contributed by atoms with Crippen molar-refractivity contribution in [3.05, 3.63) is 34.9 Å². The van der Waals surface area contributed by atoms with E-state index in [1.807, 2.05) is 24.3 Å². The lowest BCUT2D eigenvalue weighted by molar-refractivity contribution is 0.117. The fraction of sp³-hybridized carbons (Fsp3) is 0.417. The summed E-state index contributed by atoms with van der Waals surface area (Å²) in [5.74, 6) is 0.260. The Morgan fingerprint density at radius 3 is 2.82 bits per heavy atom. The molecule has 0 fully saturated rings. The largest absolute Gasteiger partial charge is 0.409 e. The van der Waals surface area contributed by atoms with Crippen molar-refractivity contribution in [1.82, 2.24) is 0 Å². The van der Waals surface area contributed by atoms with Crippen LogP contribution in [-0.2, 0) is 11.3 Å². The first-order chi connectivity index (χ1) is 8.24. The molecule has 1 aromatic rings. The van der Waals surface area contributed by atoms with E-state index in [4.69, 9.17) is 27.3 Å². The normalized spacial score (nSPS) is 11.7. The lowest BCUT2D eigenvalue weighted by atomic mass is 10.2. The number of oxime groups is 1. The van der Waals surface area contributed by atoms with Gasteiger partial charge in [-0.15, -0.1) is 0 Å². The zero-order chi connectivity index (χ0) is 12.5. The van der Waals surface area contributed by atoms with Crippen molar-refractivity contribution >= 4 is 17.4 Å². The molecule has 17 heavy (non-hydrogen) atoms. The average molecular weight is 257 g/mol. The molecule has 0 aliphatic heterocycles. The molecule has 0 atom stereocenters. The van der Waals surface area contributed by atoms with Crippen LogP contribution in [0.25, 0.3) is 0 Å². The lowest BCUT2D eigenvalue weighted by Gasteiger charge is -2.05. The summed E-state index contributed by atoms with van der Waals surface area (Å²) in [6.07, 6.45) is 2.31. The third-order valence-corrected chi connectivity index (χ3v) is 2.68. The van der Waals surface area contributed by atoms with Gasteiger partial charge in [0.15, 0.2) is 0 Å². The number of halogens is 1. The van der Waals surface area contributed by atoms with Crippen molar-refractivity contribution in [3.63, 3.8) is 0 Å². The summed E-state index contributed by atoms with van der Waals surface area (Å²) >= 11 is 5.98. The quantitative estimate of drug-likeness (QED) is 0.259. The van der Waals surface area contributed by atoms with Crippen molar-refractivity contribution in [1.29, 1.82) is 0 Å². The van der Waals surface area contributed by atoms with Crippen molar-refractivity contribution in [3.8, 4) is 0 Å². The lowest BCUT2D eigenvalue weighted by Crippen LogP contribution is -2.11. The van der Waals surface area contributed by atoms with Crippen LogP contribution in [0.5, 0.6) is 0 Å². The predicted molar refractivity (Wildman–Crippen MR) is 68.4 cm³/mol. The Hall–Kier alpha value is -1.26. The van der Waals surface area contributed by atoms with Crippen LogP contribution in [0.3, 0.4) is 0 Å². The molecule has 0 heterocycles. The molecule has 0 unspecified atom stereocenters. The smallest absolute Gasteiger partial charge is 0.139 e. The number of unbranched alkanes of at least 4 members (excludes halogenated alkanes) is 1. The summed E-state index contributed by atoms with van der Waals surface area (Å²) in [6.45, 7) is 1.16. The number of hydrogen-bond acceptors (Lipinski definition) is 3. The van der Waals surface area contributed by atoms with E-state index < -0.39 is 0 Å². The number of hydrogen-bond donors (Lipinski definition) is 2. The molecule has 0 amide bonds. The molecule has 0 aliphatic carbocycles. The van der Waals surface area contributed by atoms with Gasteiger partial charge in [0, 0.05) is 18.1 Å². The van der Waals surface area contributed by atoms with E-state index in [9.17, 15) is 0 Å². The highest BCUT2D eigenvalue weighted by Crippen LogP contribution is 2.15. The van der Waals surface area contributed by atoms with E-state index in [-0.39, 0.29) is 5.84 Å². The SMILES string of the molecule is N/C(CCCCOCc1ccccc1Cl)=N/O. The Bertz CT molecular complexity index is 369. The van der Waals surface area contributed by atoms with Gasteiger partial charge in [-0.2, -0.15) is 0 Å². The van der Waals surface area contributed by atoms with Crippen LogP contribution < -0.4 is 5.73 Å². The van der Waals surface area contributed by atoms with E-state index in [0.29, 0.717) is 19.6 Å². The fourth-order valence-corrected chi connectivity index (χ4v) is 1.55. The molecular weight excluding hydrogens is 240 g/mol. The maximum Gasteiger partial charge on any atom is 0.139 e. The predicted octanol–water partition coefficient (Wildman–Crippen LogP) is 2.77. The van der Waals surface area contributed by atoms with Gasteiger partial charge in [0.05, 0.1) is 6.61 Å². The second-order valence-corrected chi connectivity index (χ2v) is 4.10. The highest BCUT2D eigenvalue weighted by Gasteiger charge is 1.99. The van der Waals surface area contributed by atoms with Crippen LogP contribution in [0.15, 0.2) is 29.4 Å². The Labute approximate surface area is 106 Å². The fourth-order valence-electron chi connectivity index (χ4n) is 1.36. The molecule has 0 radical (unpaired) electrons. The van der Waals surface area contributed by atoms with Crippen molar-refractivity contribution in [2.45, 2.75) is 25.9 Å². The second kappa shape index (κ2) is 7.92. The molecule has 0 spiro atoms. The first-order valence-electron chi connectivity index (χ1n) is 5.51. The number of rotatable bonds is 7. The van der Waals surface area contributed by atoms with Crippen molar-refractivity contribution in [2.24, 2.45) is 10.9 Å². The number of amidine groups is 1. The van der Waals surface area contributed by atoms with E-state index in [0.717, 1.165) is 23.4 Å². The first kappa shape index (κ1) is 13.8. The zero-order valence-electron chi connectivity index (χ0n) is 9.60. The summed E-state index contributed by atoms with van der Waals surface area (Å²) in [4.78, 5) is 0. The van der Waals surface area contributed by atoms with Crippen LogP contribution in [-0.4, -0.2) is 17.6 Å². The monoisotopic (exact) mass is 256 g/mol. The minimum atomic E-state index is 0.260. The number of benzene rings is 1. The summed E-state index contributed by atoms with van der Waals surface area (Å²) in [5, 5.41) is 12.0. The Morgan fingerprint density at radius 2 is 2.12 bits per heavy atom. The number of ether oxygens (including phenoxy) is 1. The molecular formula is C12H17ClN2O2. The van der Waals surface area contributed by atoms with Gasteiger partial charge in [-0.1, -0.05) is 35.0 Å². The average Bonchev–Trinajstić information content (AvgIpc) is 2.35. The minimum absolute atomic E-state index is 0.260. The molecule has 0 bridgehead atoms. The van der Waals surface area contributed by atoms with Gasteiger partial charge in [-0.25, -0.2) is 0 Å². The summed E-state index contributed by atoms with van der Waals surface area (Å²) in [6, 6.07) is 7.61. The molecule has 0 aliphatic rings. The standard InChI is InChI=1S/C12H17ClN2O2/c13-11-6-2-1-5-10(11)9-17-8-4-3-7-12(14)15-16/h1-2,5-6,16H,3-4,7-9H2,(H2,14,15). The number of nitrogens with two attached hydrogens (primary N) is 1. The van der Waals surface area contributed by atoms with Crippen LogP contribution >= 0.6 is 11.6 Å². The van der Waals surface area contributed by atoms with Crippen LogP contribution in [0, 0.1) is 0 Å². The number of nitrogens with zero attached hydrogens (tertiary/aromatic N) is 1. The molecule has 0 saturated heterocycles. The van der Waals surface area contributed by atoms with Gasteiger partial charge in [0.2, 0.25) is 0 Å². The highest BCUT2D eigenvalue weighted by atomic mass is 35.5. The summed E-state index contributed by atoms with van der Waals surface area (Å²) < 4.78 is 5.49.